The number of rotatable bonds is 4. The van der Waals surface area contributed by atoms with Crippen molar-refractivity contribution >= 4 is 0 Å². The van der Waals surface area contributed by atoms with E-state index in [4.69, 9.17) is 4.74 Å². The fourth-order valence-electron chi connectivity index (χ4n) is 2.81. The maximum atomic E-state index is 5.89. The normalized spacial score (nSPS) is 21.3. The van der Waals surface area contributed by atoms with E-state index in [2.05, 4.69) is 41.1 Å². The molecule has 0 radical (unpaired) electrons. The lowest BCUT2D eigenvalue weighted by molar-refractivity contribution is -0.0497. The molecule has 2 unspecified atom stereocenters. The van der Waals surface area contributed by atoms with E-state index >= 15 is 0 Å². The molecule has 21 heavy (non-hydrogen) atoms. The van der Waals surface area contributed by atoms with Crippen LogP contribution < -0.4 is 0 Å². The summed E-state index contributed by atoms with van der Waals surface area (Å²) in [5, 5.41) is 4.35. The fourth-order valence-corrected chi connectivity index (χ4v) is 2.81. The summed E-state index contributed by atoms with van der Waals surface area (Å²) < 4.78 is 7.86. The van der Waals surface area contributed by atoms with E-state index in [9.17, 15) is 0 Å². The molecule has 0 aliphatic carbocycles. The Morgan fingerprint density at radius 3 is 3.05 bits per heavy atom. The SMILES string of the molecule is Cc1cnn(CC2CN(C(C)c3cccnc3)CCO2)c1. The number of aryl methyl sites for hydroxylation is 1. The van der Waals surface area contributed by atoms with Crippen LogP contribution in [0.15, 0.2) is 36.9 Å². The number of hydrogen-bond donors (Lipinski definition) is 0. The van der Waals surface area contributed by atoms with Crippen molar-refractivity contribution in [3.05, 3.63) is 48.0 Å². The van der Waals surface area contributed by atoms with Crippen LogP contribution in [-0.4, -0.2) is 45.5 Å². The lowest BCUT2D eigenvalue weighted by Gasteiger charge is -2.36. The topological polar surface area (TPSA) is 43.2 Å². The average Bonchev–Trinajstić information content (AvgIpc) is 2.93. The predicted molar refractivity (Wildman–Crippen MR) is 80.9 cm³/mol. The molecule has 2 aromatic rings. The van der Waals surface area contributed by atoms with E-state index in [1.165, 1.54) is 11.1 Å². The first-order chi connectivity index (χ1) is 10.2. The van der Waals surface area contributed by atoms with E-state index in [-0.39, 0.29) is 6.10 Å². The van der Waals surface area contributed by atoms with Crippen molar-refractivity contribution in [2.75, 3.05) is 19.7 Å². The largest absolute Gasteiger partial charge is 0.374 e. The molecular formula is C16H22N4O. The first-order valence-electron chi connectivity index (χ1n) is 7.47. The molecule has 1 saturated heterocycles. The maximum absolute atomic E-state index is 5.89. The predicted octanol–water partition coefficient (Wildman–Crippen LogP) is 2.05. The first kappa shape index (κ1) is 14.2. The van der Waals surface area contributed by atoms with Gasteiger partial charge in [0.2, 0.25) is 0 Å². The third kappa shape index (κ3) is 3.49. The van der Waals surface area contributed by atoms with Crippen LogP contribution in [0.3, 0.4) is 0 Å². The van der Waals surface area contributed by atoms with Crippen LogP contribution >= 0.6 is 0 Å². The Bertz CT molecular complexity index is 569. The van der Waals surface area contributed by atoms with E-state index in [0.29, 0.717) is 6.04 Å². The molecule has 0 spiro atoms. The van der Waals surface area contributed by atoms with Gasteiger partial charge >= 0.3 is 0 Å². The Morgan fingerprint density at radius 2 is 2.33 bits per heavy atom. The second-order valence-corrected chi connectivity index (χ2v) is 5.69. The Morgan fingerprint density at radius 1 is 1.43 bits per heavy atom. The van der Waals surface area contributed by atoms with Gasteiger partial charge in [-0.15, -0.1) is 0 Å². The van der Waals surface area contributed by atoms with Gasteiger partial charge in [-0.1, -0.05) is 6.07 Å². The van der Waals surface area contributed by atoms with Crippen LogP contribution in [-0.2, 0) is 11.3 Å². The zero-order valence-electron chi connectivity index (χ0n) is 12.6. The molecule has 5 nitrogen and oxygen atoms in total. The van der Waals surface area contributed by atoms with E-state index in [1.807, 2.05) is 29.3 Å². The summed E-state index contributed by atoms with van der Waals surface area (Å²) in [4.78, 5) is 6.68. The monoisotopic (exact) mass is 286 g/mol. The lowest BCUT2D eigenvalue weighted by atomic mass is 10.1. The van der Waals surface area contributed by atoms with Gasteiger partial charge in [-0.3, -0.25) is 14.6 Å². The molecule has 3 heterocycles. The summed E-state index contributed by atoms with van der Waals surface area (Å²) in [5.41, 5.74) is 2.44. The summed E-state index contributed by atoms with van der Waals surface area (Å²) in [6, 6.07) is 4.50. The molecule has 2 atom stereocenters. The highest BCUT2D eigenvalue weighted by atomic mass is 16.5. The van der Waals surface area contributed by atoms with Crippen LogP contribution in [0.4, 0.5) is 0 Å². The van der Waals surface area contributed by atoms with Crippen molar-refractivity contribution in [1.29, 1.82) is 0 Å². The molecule has 1 aliphatic heterocycles. The molecule has 2 aromatic heterocycles. The molecule has 0 N–H and O–H groups in total. The van der Waals surface area contributed by atoms with Gasteiger partial charge in [0.25, 0.3) is 0 Å². The van der Waals surface area contributed by atoms with Crippen molar-refractivity contribution < 1.29 is 4.74 Å². The number of ether oxygens (including phenoxy) is 1. The summed E-state index contributed by atoms with van der Waals surface area (Å²) in [7, 11) is 0. The average molecular weight is 286 g/mol. The van der Waals surface area contributed by atoms with Gasteiger partial charge in [-0.2, -0.15) is 5.10 Å². The van der Waals surface area contributed by atoms with E-state index in [1.54, 1.807) is 0 Å². The molecular weight excluding hydrogens is 264 g/mol. The molecule has 112 valence electrons. The summed E-state index contributed by atoms with van der Waals surface area (Å²) >= 11 is 0. The van der Waals surface area contributed by atoms with Gasteiger partial charge in [-0.25, -0.2) is 0 Å². The Kier molecular flexibility index (Phi) is 4.31. The minimum absolute atomic E-state index is 0.192. The fraction of sp³-hybridized carbons (Fsp3) is 0.500. The van der Waals surface area contributed by atoms with Crippen LogP contribution in [0.2, 0.25) is 0 Å². The first-order valence-corrected chi connectivity index (χ1v) is 7.47. The van der Waals surface area contributed by atoms with Gasteiger partial charge < -0.3 is 4.74 Å². The maximum Gasteiger partial charge on any atom is 0.0898 e. The van der Waals surface area contributed by atoms with Crippen molar-refractivity contribution in [1.82, 2.24) is 19.7 Å². The van der Waals surface area contributed by atoms with Crippen molar-refractivity contribution in [3.63, 3.8) is 0 Å². The summed E-state index contributed by atoms with van der Waals surface area (Å²) in [5.74, 6) is 0. The second kappa shape index (κ2) is 6.37. The molecule has 3 rings (SSSR count). The third-order valence-electron chi connectivity index (χ3n) is 4.04. The quantitative estimate of drug-likeness (QED) is 0.863. The van der Waals surface area contributed by atoms with Crippen molar-refractivity contribution in [2.24, 2.45) is 0 Å². The lowest BCUT2D eigenvalue weighted by Crippen LogP contribution is -2.45. The highest BCUT2D eigenvalue weighted by Gasteiger charge is 2.25. The van der Waals surface area contributed by atoms with E-state index < -0.39 is 0 Å². The standard InChI is InChI=1S/C16H22N4O/c1-13-8-18-20(10-13)12-16-11-19(6-7-21-16)14(2)15-4-3-5-17-9-15/h3-5,8-10,14,16H,6-7,11-12H2,1-2H3. The molecule has 0 saturated carbocycles. The van der Waals surface area contributed by atoms with Gasteiger partial charge in [-0.05, 0) is 31.0 Å². The number of hydrogen-bond acceptors (Lipinski definition) is 4. The van der Waals surface area contributed by atoms with E-state index in [0.717, 1.165) is 26.2 Å². The molecule has 0 amide bonds. The second-order valence-electron chi connectivity index (χ2n) is 5.69. The molecule has 0 bridgehead atoms. The smallest absolute Gasteiger partial charge is 0.0898 e. The number of pyridine rings is 1. The highest BCUT2D eigenvalue weighted by Crippen LogP contribution is 2.22. The third-order valence-corrected chi connectivity index (χ3v) is 4.04. The van der Waals surface area contributed by atoms with Gasteiger partial charge in [0.15, 0.2) is 0 Å². The van der Waals surface area contributed by atoms with Crippen LogP contribution in [0.25, 0.3) is 0 Å². The molecule has 1 fully saturated rings. The Balaban J connectivity index is 1.63. The Labute approximate surface area is 125 Å². The highest BCUT2D eigenvalue weighted by molar-refractivity contribution is 5.13. The number of morpholine rings is 1. The number of nitrogens with zero attached hydrogens (tertiary/aromatic N) is 4. The van der Waals surface area contributed by atoms with Crippen LogP contribution in [0.5, 0.6) is 0 Å². The van der Waals surface area contributed by atoms with Gasteiger partial charge in [0, 0.05) is 37.7 Å². The zero-order chi connectivity index (χ0) is 14.7. The van der Waals surface area contributed by atoms with Crippen LogP contribution in [0.1, 0.15) is 24.1 Å². The van der Waals surface area contributed by atoms with Crippen molar-refractivity contribution in [3.8, 4) is 0 Å². The molecule has 0 aromatic carbocycles. The molecule has 1 aliphatic rings. The van der Waals surface area contributed by atoms with Crippen LogP contribution in [0, 0.1) is 6.92 Å². The Hall–Kier alpha value is -1.72. The van der Waals surface area contributed by atoms with Gasteiger partial charge in [0.1, 0.15) is 0 Å². The zero-order valence-corrected chi connectivity index (χ0v) is 12.6. The number of aromatic nitrogens is 3. The summed E-state index contributed by atoms with van der Waals surface area (Å²) in [6.45, 7) is 7.76. The minimum atomic E-state index is 0.192. The van der Waals surface area contributed by atoms with Gasteiger partial charge in [0.05, 0.1) is 25.5 Å². The minimum Gasteiger partial charge on any atom is -0.374 e. The molecule has 5 heteroatoms. The van der Waals surface area contributed by atoms with Crippen molar-refractivity contribution in [2.45, 2.75) is 32.5 Å². The summed E-state index contributed by atoms with van der Waals surface area (Å²) in [6.07, 6.45) is 7.91.